The van der Waals surface area contributed by atoms with E-state index in [-0.39, 0.29) is 5.69 Å². The Morgan fingerprint density at radius 1 is 1.27 bits per heavy atom. The van der Waals surface area contributed by atoms with Crippen LogP contribution in [0.1, 0.15) is 5.56 Å². The normalized spacial score (nSPS) is 11.6. The Morgan fingerprint density at radius 2 is 1.93 bits per heavy atom. The number of rotatable bonds is 1. The second kappa shape index (κ2) is 3.27. The second-order valence-corrected chi connectivity index (χ2v) is 3.43. The summed E-state index contributed by atoms with van der Waals surface area (Å²) in [6.45, 7) is 0. The molecule has 0 amide bonds. The number of hydrazone groups is 1. The molecule has 2 N–H and O–H groups in total. The fraction of sp³-hybridized carbons (Fsp3) is 0.200. The van der Waals surface area contributed by atoms with Gasteiger partial charge in [0.1, 0.15) is 0 Å². The van der Waals surface area contributed by atoms with Gasteiger partial charge in [-0.25, -0.2) is 4.79 Å². The number of imidazole rings is 1. The largest absolute Gasteiger partial charge is 0.328 e. The molecule has 2 rings (SSSR count). The maximum Gasteiger partial charge on any atom is 0.328 e. The molecule has 0 saturated heterocycles. The molecule has 5 heteroatoms. The summed E-state index contributed by atoms with van der Waals surface area (Å²) in [6, 6.07) is 5.64. The van der Waals surface area contributed by atoms with Crippen LogP contribution in [0.2, 0.25) is 0 Å². The van der Waals surface area contributed by atoms with Gasteiger partial charge in [0.25, 0.3) is 0 Å². The lowest BCUT2D eigenvalue weighted by Gasteiger charge is -1.96. The van der Waals surface area contributed by atoms with Gasteiger partial charge in [0.2, 0.25) is 0 Å². The third-order valence-corrected chi connectivity index (χ3v) is 2.52. The van der Waals surface area contributed by atoms with Gasteiger partial charge in [-0.15, -0.1) is 0 Å². The first kappa shape index (κ1) is 9.51. The maximum absolute atomic E-state index is 11.6. The van der Waals surface area contributed by atoms with Crippen LogP contribution in [0.5, 0.6) is 0 Å². The van der Waals surface area contributed by atoms with Crippen molar-refractivity contribution in [2.75, 3.05) is 0 Å². The van der Waals surface area contributed by atoms with Crippen LogP contribution in [0.4, 0.5) is 0 Å². The standard InChI is InChI=1S/C10H12N4O/c1-13-8-4-3-7(6-12-11)5-9(8)14(2)10(13)15/h3-6H,11H2,1-2H3. The van der Waals surface area contributed by atoms with Crippen molar-refractivity contribution in [3.63, 3.8) is 0 Å². The summed E-state index contributed by atoms with van der Waals surface area (Å²) in [6.07, 6.45) is 1.55. The molecular formula is C10H12N4O. The van der Waals surface area contributed by atoms with Crippen LogP contribution in [0.15, 0.2) is 28.1 Å². The molecule has 0 aliphatic carbocycles. The van der Waals surface area contributed by atoms with Crippen LogP contribution in [0.25, 0.3) is 11.0 Å². The molecule has 0 saturated carbocycles. The zero-order valence-corrected chi connectivity index (χ0v) is 8.64. The van der Waals surface area contributed by atoms with Crippen LogP contribution in [0, 0.1) is 0 Å². The predicted molar refractivity (Wildman–Crippen MR) is 59.9 cm³/mol. The zero-order chi connectivity index (χ0) is 11.0. The predicted octanol–water partition coefficient (Wildman–Crippen LogP) is 0.170. The Bertz CT molecular complexity index is 591. The van der Waals surface area contributed by atoms with Crippen molar-refractivity contribution in [1.82, 2.24) is 9.13 Å². The number of fused-ring (bicyclic) bond motifs is 1. The minimum Gasteiger partial charge on any atom is -0.323 e. The molecule has 78 valence electrons. The van der Waals surface area contributed by atoms with Crippen molar-refractivity contribution in [2.45, 2.75) is 0 Å². The summed E-state index contributed by atoms with van der Waals surface area (Å²) in [5.74, 6) is 5.07. The molecule has 2 aromatic rings. The van der Waals surface area contributed by atoms with E-state index in [1.54, 1.807) is 29.4 Å². The quantitative estimate of drug-likeness (QED) is 0.409. The highest BCUT2D eigenvalue weighted by Gasteiger charge is 2.06. The molecule has 1 aromatic heterocycles. The first-order valence-electron chi connectivity index (χ1n) is 4.54. The number of aromatic nitrogens is 2. The summed E-state index contributed by atoms with van der Waals surface area (Å²) >= 11 is 0. The van der Waals surface area contributed by atoms with Gasteiger partial charge in [-0.2, -0.15) is 5.10 Å². The molecule has 0 unspecified atom stereocenters. The van der Waals surface area contributed by atoms with Crippen molar-refractivity contribution in [2.24, 2.45) is 25.0 Å². The molecule has 5 nitrogen and oxygen atoms in total. The average molecular weight is 204 g/mol. The van der Waals surface area contributed by atoms with Gasteiger partial charge in [0, 0.05) is 14.1 Å². The van der Waals surface area contributed by atoms with E-state index in [1.807, 2.05) is 18.2 Å². The number of nitrogens with two attached hydrogens (primary N) is 1. The second-order valence-electron chi connectivity index (χ2n) is 3.43. The van der Waals surface area contributed by atoms with E-state index in [2.05, 4.69) is 5.10 Å². The minimum absolute atomic E-state index is 0.0353. The highest BCUT2D eigenvalue weighted by molar-refractivity contribution is 5.87. The van der Waals surface area contributed by atoms with Gasteiger partial charge < -0.3 is 5.84 Å². The topological polar surface area (TPSA) is 65.3 Å². The van der Waals surface area contributed by atoms with E-state index in [0.717, 1.165) is 16.6 Å². The van der Waals surface area contributed by atoms with Gasteiger partial charge in [-0.1, -0.05) is 6.07 Å². The number of hydrogen-bond acceptors (Lipinski definition) is 3. The Balaban J connectivity index is 2.82. The van der Waals surface area contributed by atoms with E-state index >= 15 is 0 Å². The number of hydrogen-bond donors (Lipinski definition) is 1. The molecule has 0 fully saturated rings. The lowest BCUT2D eigenvalue weighted by Crippen LogP contribution is -2.19. The molecule has 0 aliphatic rings. The summed E-state index contributed by atoms with van der Waals surface area (Å²) in [5.41, 5.74) is 2.62. The molecule has 0 atom stereocenters. The molecule has 0 aliphatic heterocycles. The van der Waals surface area contributed by atoms with Crippen LogP contribution >= 0.6 is 0 Å². The molecule has 0 bridgehead atoms. The number of benzene rings is 1. The molecule has 1 heterocycles. The van der Waals surface area contributed by atoms with Crippen molar-refractivity contribution in [3.05, 3.63) is 34.2 Å². The Kier molecular flexibility index (Phi) is 2.07. The lowest BCUT2D eigenvalue weighted by atomic mass is 10.2. The smallest absolute Gasteiger partial charge is 0.323 e. The van der Waals surface area contributed by atoms with Gasteiger partial charge in [-0.3, -0.25) is 9.13 Å². The monoisotopic (exact) mass is 204 g/mol. The van der Waals surface area contributed by atoms with Gasteiger partial charge in [-0.05, 0) is 17.7 Å². The highest BCUT2D eigenvalue weighted by atomic mass is 16.1. The minimum atomic E-state index is -0.0353. The van der Waals surface area contributed by atoms with Crippen LogP contribution in [-0.4, -0.2) is 15.3 Å². The van der Waals surface area contributed by atoms with Gasteiger partial charge in [0.15, 0.2) is 0 Å². The highest BCUT2D eigenvalue weighted by Crippen LogP contribution is 2.12. The van der Waals surface area contributed by atoms with E-state index in [9.17, 15) is 4.79 Å². The summed E-state index contributed by atoms with van der Waals surface area (Å²) in [4.78, 5) is 11.6. The molecule has 1 aromatic carbocycles. The third kappa shape index (κ3) is 1.32. The van der Waals surface area contributed by atoms with Crippen LogP contribution in [-0.2, 0) is 14.1 Å². The molecule has 0 radical (unpaired) electrons. The average Bonchev–Trinajstić information content (AvgIpc) is 2.45. The fourth-order valence-corrected chi connectivity index (χ4v) is 1.69. The Morgan fingerprint density at radius 3 is 2.60 bits per heavy atom. The van der Waals surface area contributed by atoms with Crippen molar-refractivity contribution in [3.8, 4) is 0 Å². The number of nitrogens with zero attached hydrogens (tertiary/aromatic N) is 3. The molecular weight excluding hydrogens is 192 g/mol. The summed E-state index contributed by atoms with van der Waals surface area (Å²) in [5, 5.41) is 3.45. The van der Waals surface area contributed by atoms with E-state index in [0.29, 0.717) is 0 Å². The van der Waals surface area contributed by atoms with Crippen molar-refractivity contribution < 1.29 is 0 Å². The van der Waals surface area contributed by atoms with E-state index < -0.39 is 0 Å². The summed E-state index contributed by atoms with van der Waals surface area (Å²) < 4.78 is 3.21. The lowest BCUT2D eigenvalue weighted by molar-refractivity contribution is 0.795. The van der Waals surface area contributed by atoms with Crippen LogP contribution < -0.4 is 11.5 Å². The van der Waals surface area contributed by atoms with E-state index in [4.69, 9.17) is 5.84 Å². The van der Waals surface area contributed by atoms with Crippen molar-refractivity contribution >= 4 is 17.2 Å². The maximum atomic E-state index is 11.6. The van der Waals surface area contributed by atoms with Crippen molar-refractivity contribution in [1.29, 1.82) is 0 Å². The molecule has 15 heavy (non-hydrogen) atoms. The van der Waals surface area contributed by atoms with E-state index in [1.165, 1.54) is 0 Å². The zero-order valence-electron chi connectivity index (χ0n) is 8.64. The molecule has 0 spiro atoms. The fourth-order valence-electron chi connectivity index (χ4n) is 1.69. The van der Waals surface area contributed by atoms with Gasteiger partial charge in [0.05, 0.1) is 17.2 Å². The Hall–Kier alpha value is -2.04. The number of aryl methyl sites for hydroxylation is 2. The van der Waals surface area contributed by atoms with Gasteiger partial charge >= 0.3 is 5.69 Å². The first-order chi connectivity index (χ1) is 7.15. The van der Waals surface area contributed by atoms with Crippen LogP contribution in [0.3, 0.4) is 0 Å². The third-order valence-electron chi connectivity index (χ3n) is 2.52. The Labute approximate surface area is 86.4 Å². The SMILES string of the molecule is Cn1c(=O)n(C)c2cc(C=NN)ccc21. The summed E-state index contributed by atoms with van der Waals surface area (Å²) in [7, 11) is 3.50. The first-order valence-corrected chi connectivity index (χ1v) is 4.54.